The smallest absolute Gasteiger partial charge is 0.447 e. The van der Waals surface area contributed by atoms with E-state index in [9.17, 15) is 31.5 Å². The Morgan fingerprint density at radius 2 is 1.41 bits per heavy atom. The van der Waals surface area contributed by atoms with E-state index in [0.717, 1.165) is 18.2 Å². The van der Waals surface area contributed by atoms with E-state index in [1.54, 1.807) is 38.1 Å². The molecule has 0 bridgehead atoms. The Balaban J connectivity index is 1.77. The SMILES string of the molecule is CC(C)OC(=O)NC(CCC(=O)c1c(F)cccc1F)c1ccc(-c2ccc(OC(F)(F)F)cc2)cc1. The molecule has 37 heavy (non-hydrogen) atoms. The lowest BCUT2D eigenvalue weighted by Gasteiger charge is -2.20. The van der Waals surface area contributed by atoms with Crippen molar-refractivity contribution < 1.29 is 41.0 Å². The van der Waals surface area contributed by atoms with Gasteiger partial charge in [0.2, 0.25) is 0 Å². The summed E-state index contributed by atoms with van der Waals surface area (Å²) in [4.78, 5) is 24.8. The van der Waals surface area contributed by atoms with Crippen molar-refractivity contribution in [1.29, 1.82) is 0 Å². The first kappa shape index (κ1) is 27.6. The maximum absolute atomic E-state index is 14.0. The maximum Gasteiger partial charge on any atom is 0.573 e. The number of alkyl carbamates (subject to hydrolysis) is 1. The average Bonchev–Trinajstić information content (AvgIpc) is 2.81. The number of carbonyl (C=O) groups is 2. The van der Waals surface area contributed by atoms with Gasteiger partial charge in [-0.05, 0) is 61.2 Å². The lowest BCUT2D eigenvalue weighted by atomic mass is 9.96. The quantitative estimate of drug-likeness (QED) is 0.236. The standard InChI is InChI=1S/C27H24F5NO4/c1-16(2)36-26(35)33-23(14-15-24(34)25-21(28)4-3-5-22(25)29)19-8-6-17(7-9-19)18-10-12-20(13-11-18)37-27(30,31)32/h3-13,16,23H,14-15H2,1-2H3,(H,33,35). The molecule has 1 N–H and O–H groups in total. The van der Waals surface area contributed by atoms with Crippen LogP contribution in [0.1, 0.15) is 48.7 Å². The van der Waals surface area contributed by atoms with Crippen LogP contribution in [0.2, 0.25) is 0 Å². The van der Waals surface area contributed by atoms with Crippen LogP contribution in [-0.2, 0) is 4.74 Å². The Kier molecular flexibility index (Phi) is 8.86. The molecule has 0 aliphatic rings. The molecule has 3 rings (SSSR count). The van der Waals surface area contributed by atoms with E-state index in [1.165, 1.54) is 24.3 Å². The van der Waals surface area contributed by atoms with Crippen LogP contribution in [0.5, 0.6) is 5.75 Å². The summed E-state index contributed by atoms with van der Waals surface area (Å²) in [6.45, 7) is 3.33. The molecule has 0 aliphatic heterocycles. The Morgan fingerprint density at radius 1 is 0.865 bits per heavy atom. The Hall–Kier alpha value is -3.95. The topological polar surface area (TPSA) is 64.6 Å². The first-order chi connectivity index (χ1) is 17.4. The number of ketones is 1. The average molecular weight is 521 g/mol. The Labute approximate surface area is 210 Å². The second-order valence-corrected chi connectivity index (χ2v) is 8.40. The summed E-state index contributed by atoms with van der Waals surface area (Å²) < 4.78 is 74.1. The minimum absolute atomic E-state index is 0.0304. The number of hydrogen-bond acceptors (Lipinski definition) is 4. The normalized spacial score (nSPS) is 12.2. The van der Waals surface area contributed by atoms with E-state index in [2.05, 4.69) is 10.1 Å². The van der Waals surface area contributed by atoms with E-state index in [-0.39, 0.29) is 18.6 Å². The van der Waals surface area contributed by atoms with Gasteiger partial charge >= 0.3 is 12.5 Å². The largest absolute Gasteiger partial charge is 0.573 e. The molecule has 0 heterocycles. The highest BCUT2D eigenvalue weighted by Gasteiger charge is 2.31. The van der Waals surface area contributed by atoms with E-state index >= 15 is 0 Å². The van der Waals surface area contributed by atoms with Gasteiger partial charge in [0.15, 0.2) is 5.78 Å². The summed E-state index contributed by atoms with van der Waals surface area (Å²) in [6.07, 6.45) is -6.15. The van der Waals surface area contributed by atoms with Crippen LogP contribution in [0.3, 0.4) is 0 Å². The van der Waals surface area contributed by atoms with Crippen LogP contribution in [-0.4, -0.2) is 24.3 Å². The third kappa shape index (κ3) is 8.03. The number of Topliss-reactive ketones (excluding diaryl/α,β-unsaturated/α-hetero) is 1. The molecule has 0 saturated carbocycles. The van der Waals surface area contributed by atoms with E-state index in [1.807, 2.05) is 0 Å². The summed E-state index contributed by atoms with van der Waals surface area (Å²) in [7, 11) is 0. The highest BCUT2D eigenvalue weighted by molar-refractivity contribution is 5.96. The van der Waals surface area contributed by atoms with Crippen LogP contribution in [0.4, 0.5) is 26.7 Å². The molecule has 0 saturated heterocycles. The van der Waals surface area contributed by atoms with Crippen LogP contribution < -0.4 is 10.1 Å². The molecule has 0 aliphatic carbocycles. The number of ether oxygens (including phenoxy) is 2. The molecule has 0 aromatic heterocycles. The van der Waals surface area contributed by atoms with Gasteiger partial charge < -0.3 is 14.8 Å². The molecule has 1 atom stereocenters. The monoisotopic (exact) mass is 521 g/mol. The molecule has 10 heteroatoms. The third-order valence-electron chi connectivity index (χ3n) is 5.27. The number of carbonyl (C=O) groups excluding carboxylic acids is 2. The van der Waals surface area contributed by atoms with Crippen LogP contribution >= 0.6 is 0 Å². The summed E-state index contributed by atoms with van der Waals surface area (Å²) in [5, 5.41) is 2.67. The minimum Gasteiger partial charge on any atom is -0.447 e. The van der Waals surface area contributed by atoms with Gasteiger partial charge in [-0.2, -0.15) is 0 Å². The number of halogens is 5. The molecule has 0 spiro atoms. The zero-order valence-electron chi connectivity index (χ0n) is 19.9. The van der Waals surface area contributed by atoms with Gasteiger partial charge in [0.05, 0.1) is 17.7 Å². The number of hydrogen-bond donors (Lipinski definition) is 1. The van der Waals surface area contributed by atoms with Crippen molar-refractivity contribution in [3.63, 3.8) is 0 Å². The Bertz CT molecular complexity index is 1200. The fourth-order valence-electron chi connectivity index (χ4n) is 3.63. The van der Waals surface area contributed by atoms with Crippen LogP contribution in [0.15, 0.2) is 66.7 Å². The predicted molar refractivity (Wildman–Crippen MR) is 126 cm³/mol. The highest BCUT2D eigenvalue weighted by atomic mass is 19.4. The van der Waals surface area contributed by atoms with Crippen molar-refractivity contribution in [3.05, 3.63) is 89.5 Å². The lowest BCUT2D eigenvalue weighted by molar-refractivity contribution is -0.274. The van der Waals surface area contributed by atoms with Gasteiger partial charge in [0.1, 0.15) is 17.4 Å². The van der Waals surface area contributed by atoms with Gasteiger partial charge in [-0.3, -0.25) is 4.79 Å². The highest BCUT2D eigenvalue weighted by Crippen LogP contribution is 2.29. The maximum atomic E-state index is 14.0. The molecular weight excluding hydrogens is 497 g/mol. The van der Waals surface area contributed by atoms with Gasteiger partial charge in [-0.25, -0.2) is 13.6 Å². The van der Waals surface area contributed by atoms with Crippen molar-refractivity contribution in [3.8, 4) is 16.9 Å². The van der Waals surface area contributed by atoms with Crippen molar-refractivity contribution in [2.75, 3.05) is 0 Å². The first-order valence-corrected chi connectivity index (χ1v) is 11.3. The van der Waals surface area contributed by atoms with Crippen molar-refractivity contribution in [1.82, 2.24) is 5.32 Å². The van der Waals surface area contributed by atoms with Crippen molar-refractivity contribution in [2.24, 2.45) is 0 Å². The second kappa shape index (κ2) is 11.9. The van der Waals surface area contributed by atoms with Crippen molar-refractivity contribution in [2.45, 2.75) is 45.2 Å². The fraction of sp³-hybridized carbons (Fsp3) is 0.259. The van der Waals surface area contributed by atoms with Gasteiger partial charge in [0, 0.05) is 6.42 Å². The second-order valence-electron chi connectivity index (χ2n) is 8.40. The molecule has 0 fully saturated rings. The molecule has 3 aromatic carbocycles. The number of rotatable bonds is 9. The van der Waals surface area contributed by atoms with E-state index < -0.39 is 47.6 Å². The van der Waals surface area contributed by atoms with Crippen LogP contribution in [0, 0.1) is 11.6 Å². The summed E-state index contributed by atoms with van der Waals surface area (Å²) in [6, 6.07) is 14.5. The lowest BCUT2D eigenvalue weighted by Crippen LogP contribution is -2.31. The summed E-state index contributed by atoms with van der Waals surface area (Å²) in [5.41, 5.74) is 1.24. The van der Waals surface area contributed by atoms with Gasteiger partial charge in [0.25, 0.3) is 0 Å². The molecule has 0 radical (unpaired) electrons. The van der Waals surface area contributed by atoms with Gasteiger partial charge in [-0.15, -0.1) is 13.2 Å². The van der Waals surface area contributed by atoms with Crippen molar-refractivity contribution >= 4 is 11.9 Å². The van der Waals surface area contributed by atoms with E-state index in [4.69, 9.17) is 4.74 Å². The predicted octanol–water partition coefficient (Wildman–Crippen LogP) is 7.37. The molecule has 196 valence electrons. The molecule has 1 unspecified atom stereocenters. The van der Waals surface area contributed by atoms with Gasteiger partial charge in [-0.1, -0.05) is 42.5 Å². The zero-order chi connectivity index (χ0) is 27.2. The summed E-state index contributed by atoms with van der Waals surface area (Å²) in [5.74, 6) is -3.04. The fourth-order valence-corrected chi connectivity index (χ4v) is 3.63. The number of benzene rings is 3. The molecule has 1 amide bonds. The Morgan fingerprint density at radius 3 is 1.92 bits per heavy atom. The van der Waals surface area contributed by atoms with E-state index in [0.29, 0.717) is 16.7 Å². The third-order valence-corrected chi connectivity index (χ3v) is 5.27. The molecule has 5 nitrogen and oxygen atoms in total. The number of amides is 1. The zero-order valence-corrected chi connectivity index (χ0v) is 19.9. The molecular formula is C27H24F5NO4. The summed E-state index contributed by atoms with van der Waals surface area (Å²) >= 11 is 0. The number of alkyl halides is 3. The molecule has 3 aromatic rings. The number of nitrogens with one attached hydrogen (secondary N) is 1. The first-order valence-electron chi connectivity index (χ1n) is 11.3. The van der Waals surface area contributed by atoms with Crippen LogP contribution in [0.25, 0.3) is 11.1 Å². The minimum atomic E-state index is -4.79.